The van der Waals surface area contributed by atoms with Crippen molar-refractivity contribution in [3.05, 3.63) is 18.2 Å². The molecule has 0 aromatic heterocycles. The van der Waals surface area contributed by atoms with Crippen LogP contribution in [0.25, 0.3) is 0 Å². The van der Waals surface area contributed by atoms with Gasteiger partial charge >= 0.3 is 0 Å². The van der Waals surface area contributed by atoms with Crippen molar-refractivity contribution in [3.8, 4) is 17.2 Å². The Morgan fingerprint density at radius 3 is 2.11 bits per heavy atom. The molecule has 1 fully saturated rings. The highest BCUT2D eigenvalue weighted by Gasteiger charge is 2.49. The Morgan fingerprint density at radius 2 is 1.72 bits per heavy atom. The van der Waals surface area contributed by atoms with E-state index in [4.69, 9.17) is 14.2 Å². The first-order chi connectivity index (χ1) is 8.50. The standard InChI is InChI=1S/C14H20O4/c1-14(2)11(15)8-12(14)18-13-9(16-3)6-5-7-10(13)17-4/h5-7,11-12,15H,8H2,1-4H3. The zero-order valence-corrected chi connectivity index (χ0v) is 11.3. The highest BCUT2D eigenvalue weighted by molar-refractivity contribution is 5.51. The average Bonchev–Trinajstić information content (AvgIpc) is 2.38. The number of hydrogen-bond acceptors (Lipinski definition) is 4. The molecule has 2 rings (SSSR count). The number of aliphatic hydroxyl groups excluding tert-OH is 1. The number of para-hydroxylation sites is 1. The molecule has 18 heavy (non-hydrogen) atoms. The zero-order chi connectivity index (χ0) is 13.3. The minimum absolute atomic E-state index is 0.0299. The fourth-order valence-electron chi connectivity index (χ4n) is 2.14. The van der Waals surface area contributed by atoms with E-state index in [-0.39, 0.29) is 17.6 Å². The third-order valence-corrected chi connectivity index (χ3v) is 3.77. The molecular formula is C14H20O4. The van der Waals surface area contributed by atoms with E-state index in [0.29, 0.717) is 23.7 Å². The van der Waals surface area contributed by atoms with Gasteiger partial charge in [0.15, 0.2) is 11.5 Å². The molecule has 0 aliphatic heterocycles. The molecule has 0 radical (unpaired) electrons. The maximum atomic E-state index is 9.73. The van der Waals surface area contributed by atoms with E-state index in [1.54, 1.807) is 14.2 Å². The molecule has 0 amide bonds. The summed E-state index contributed by atoms with van der Waals surface area (Å²) in [7, 11) is 3.20. The first kappa shape index (κ1) is 13.0. The summed E-state index contributed by atoms with van der Waals surface area (Å²) in [5.41, 5.74) is -0.244. The first-order valence-corrected chi connectivity index (χ1v) is 6.06. The van der Waals surface area contributed by atoms with E-state index in [0.717, 1.165) is 0 Å². The summed E-state index contributed by atoms with van der Waals surface area (Å²) in [6, 6.07) is 5.52. The minimum Gasteiger partial charge on any atom is -0.493 e. The Labute approximate surface area is 107 Å². The van der Waals surface area contributed by atoms with Crippen molar-refractivity contribution >= 4 is 0 Å². The summed E-state index contributed by atoms with van der Waals surface area (Å²) in [5, 5.41) is 9.73. The van der Waals surface area contributed by atoms with E-state index in [9.17, 15) is 5.11 Å². The van der Waals surface area contributed by atoms with Gasteiger partial charge in [0.2, 0.25) is 5.75 Å². The quantitative estimate of drug-likeness (QED) is 0.892. The third kappa shape index (κ3) is 2.01. The van der Waals surface area contributed by atoms with Crippen molar-refractivity contribution in [1.29, 1.82) is 0 Å². The van der Waals surface area contributed by atoms with E-state index >= 15 is 0 Å². The lowest BCUT2D eigenvalue weighted by atomic mass is 9.66. The lowest BCUT2D eigenvalue weighted by Gasteiger charge is -2.48. The molecule has 100 valence electrons. The SMILES string of the molecule is COc1cccc(OC)c1OC1CC(O)C1(C)C. The number of rotatable bonds is 4. The van der Waals surface area contributed by atoms with Gasteiger partial charge in [-0.2, -0.15) is 0 Å². The summed E-state index contributed by atoms with van der Waals surface area (Å²) in [4.78, 5) is 0. The molecule has 0 heterocycles. The largest absolute Gasteiger partial charge is 0.493 e. The van der Waals surface area contributed by atoms with Crippen LogP contribution in [-0.4, -0.2) is 31.5 Å². The van der Waals surface area contributed by atoms with Crippen LogP contribution in [-0.2, 0) is 0 Å². The molecule has 2 unspecified atom stereocenters. The van der Waals surface area contributed by atoms with E-state index in [1.807, 2.05) is 32.0 Å². The van der Waals surface area contributed by atoms with Gasteiger partial charge in [-0.05, 0) is 12.1 Å². The first-order valence-electron chi connectivity index (χ1n) is 6.06. The summed E-state index contributed by atoms with van der Waals surface area (Å²) >= 11 is 0. The number of methoxy groups -OCH3 is 2. The fraction of sp³-hybridized carbons (Fsp3) is 0.571. The van der Waals surface area contributed by atoms with Crippen LogP contribution in [0.1, 0.15) is 20.3 Å². The second-order valence-corrected chi connectivity index (χ2v) is 5.17. The molecule has 1 aromatic carbocycles. The zero-order valence-electron chi connectivity index (χ0n) is 11.3. The molecule has 0 saturated heterocycles. The van der Waals surface area contributed by atoms with E-state index in [2.05, 4.69) is 0 Å². The predicted octanol–water partition coefficient (Wildman–Crippen LogP) is 2.24. The van der Waals surface area contributed by atoms with Gasteiger partial charge in [0.25, 0.3) is 0 Å². The molecular weight excluding hydrogens is 232 g/mol. The molecule has 1 N–H and O–H groups in total. The lowest BCUT2D eigenvalue weighted by Crippen LogP contribution is -2.56. The van der Waals surface area contributed by atoms with Crippen molar-refractivity contribution in [2.45, 2.75) is 32.5 Å². The number of aliphatic hydroxyl groups is 1. The molecule has 1 aliphatic rings. The number of benzene rings is 1. The second-order valence-electron chi connectivity index (χ2n) is 5.17. The van der Waals surface area contributed by atoms with Crippen molar-refractivity contribution in [3.63, 3.8) is 0 Å². The molecule has 4 heteroatoms. The Morgan fingerprint density at radius 1 is 1.17 bits per heavy atom. The molecule has 1 aliphatic carbocycles. The van der Waals surface area contributed by atoms with Gasteiger partial charge < -0.3 is 19.3 Å². The maximum Gasteiger partial charge on any atom is 0.203 e. The Kier molecular flexibility index (Phi) is 3.39. The van der Waals surface area contributed by atoms with Gasteiger partial charge in [-0.3, -0.25) is 0 Å². The fourth-order valence-corrected chi connectivity index (χ4v) is 2.14. The molecule has 2 atom stereocenters. The van der Waals surface area contributed by atoms with Crippen LogP contribution < -0.4 is 14.2 Å². The van der Waals surface area contributed by atoms with Crippen molar-refractivity contribution in [1.82, 2.24) is 0 Å². The van der Waals surface area contributed by atoms with Crippen molar-refractivity contribution in [2.75, 3.05) is 14.2 Å². The van der Waals surface area contributed by atoms with Crippen LogP contribution in [0.3, 0.4) is 0 Å². The van der Waals surface area contributed by atoms with Gasteiger partial charge in [-0.25, -0.2) is 0 Å². The van der Waals surface area contributed by atoms with Gasteiger partial charge in [0.05, 0.1) is 20.3 Å². The summed E-state index contributed by atoms with van der Waals surface area (Å²) in [5.74, 6) is 1.89. The minimum atomic E-state index is -0.316. The highest BCUT2D eigenvalue weighted by atomic mass is 16.5. The summed E-state index contributed by atoms with van der Waals surface area (Å²) in [6.45, 7) is 3.99. The number of hydrogen-bond donors (Lipinski definition) is 1. The maximum absolute atomic E-state index is 9.73. The van der Waals surface area contributed by atoms with Gasteiger partial charge in [-0.1, -0.05) is 19.9 Å². The molecule has 0 bridgehead atoms. The van der Waals surface area contributed by atoms with Crippen LogP contribution >= 0.6 is 0 Å². The normalized spacial score (nSPS) is 25.2. The summed E-state index contributed by atoms with van der Waals surface area (Å²) in [6.07, 6.45) is 0.287. The third-order valence-electron chi connectivity index (χ3n) is 3.77. The molecule has 0 spiro atoms. The molecule has 1 saturated carbocycles. The van der Waals surface area contributed by atoms with Crippen molar-refractivity contribution < 1.29 is 19.3 Å². The van der Waals surface area contributed by atoms with Crippen LogP contribution in [0.4, 0.5) is 0 Å². The predicted molar refractivity (Wildman–Crippen MR) is 68.4 cm³/mol. The van der Waals surface area contributed by atoms with Gasteiger partial charge in [0, 0.05) is 11.8 Å². The second kappa shape index (κ2) is 4.69. The smallest absolute Gasteiger partial charge is 0.203 e. The lowest BCUT2D eigenvalue weighted by molar-refractivity contribution is -0.135. The number of ether oxygens (including phenoxy) is 3. The Hall–Kier alpha value is -1.42. The van der Waals surface area contributed by atoms with Crippen LogP contribution in [0.15, 0.2) is 18.2 Å². The van der Waals surface area contributed by atoms with Crippen LogP contribution in [0.2, 0.25) is 0 Å². The van der Waals surface area contributed by atoms with Gasteiger partial charge in [-0.15, -0.1) is 0 Å². The van der Waals surface area contributed by atoms with E-state index < -0.39 is 0 Å². The molecule has 4 nitrogen and oxygen atoms in total. The van der Waals surface area contributed by atoms with Crippen LogP contribution in [0.5, 0.6) is 17.2 Å². The Bertz CT molecular complexity index is 406. The van der Waals surface area contributed by atoms with Gasteiger partial charge in [0.1, 0.15) is 6.10 Å². The summed E-state index contributed by atoms with van der Waals surface area (Å²) < 4.78 is 16.5. The van der Waals surface area contributed by atoms with E-state index in [1.165, 1.54) is 0 Å². The average molecular weight is 252 g/mol. The molecule has 1 aromatic rings. The van der Waals surface area contributed by atoms with Crippen molar-refractivity contribution in [2.24, 2.45) is 5.41 Å². The van der Waals surface area contributed by atoms with Crippen LogP contribution in [0, 0.1) is 5.41 Å². The monoisotopic (exact) mass is 252 g/mol. The Balaban J connectivity index is 2.24. The topological polar surface area (TPSA) is 47.9 Å². The highest BCUT2D eigenvalue weighted by Crippen LogP contribution is 2.46.